The molecule has 8 nitrogen and oxygen atoms in total. The van der Waals surface area contributed by atoms with Crippen molar-refractivity contribution in [2.24, 2.45) is 5.92 Å². The van der Waals surface area contributed by atoms with Crippen LogP contribution >= 0.6 is 11.6 Å². The number of nitrogens with zero attached hydrogens (tertiary/aromatic N) is 4. The summed E-state index contributed by atoms with van der Waals surface area (Å²) in [4.78, 5) is 41.2. The Bertz CT molecular complexity index is 1040. The number of esters is 1. The summed E-state index contributed by atoms with van der Waals surface area (Å²) in [5.41, 5.74) is 0.680. The van der Waals surface area contributed by atoms with E-state index >= 15 is 0 Å². The smallest absolute Gasteiger partial charge is 0.310 e. The molecule has 0 unspecified atom stereocenters. The lowest BCUT2D eigenvalue weighted by atomic mass is 9.98. The standard InChI is InChI=1S/C22H24ClFN4O4/c1-2-32-22(31)14-5-4-8-26(12-14)20(29)18-11-19-21(30)27(9-10-28(19)25-18)13-15-16(23)6-3-7-17(15)24/h3,6-7,11,14H,2,4-5,8-10,12-13H2,1H3/t14-/m0/s1. The molecule has 2 aliphatic rings. The van der Waals surface area contributed by atoms with Gasteiger partial charge in [-0.05, 0) is 31.9 Å². The van der Waals surface area contributed by atoms with Gasteiger partial charge in [0, 0.05) is 36.3 Å². The van der Waals surface area contributed by atoms with E-state index in [9.17, 15) is 18.8 Å². The second-order valence-corrected chi connectivity index (χ2v) is 8.31. The third-order valence-corrected chi connectivity index (χ3v) is 6.18. The summed E-state index contributed by atoms with van der Waals surface area (Å²) >= 11 is 6.10. The van der Waals surface area contributed by atoms with Crippen LogP contribution in [0.5, 0.6) is 0 Å². The average Bonchev–Trinajstić information content (AvgIpc) is 3.23. The molecule has 2 aliphatic heterocycles. The Labute approximate surface area is 189 Å². The number of carbonyl (C=O) groups excluding carboxylic acids is 3. The van der Waals surface area contributed by atoms with Crippen molar-refractivity contribution in [3.63, 3.8) is 0 Å². The summed E-state index contributed by atoms with van der Waals surface area (Å²) < 4.78 is 20.7. The Hall–Kier alpha value is -2.94. The molecule has 10 heteroatoms. The maximum atomic E-state index is 14.2. The van der Waals surface area contributed by atoms with Crippen molar-refractivity contribution in [2.45, 2.75) is 32.9 Å². The van der Waals surface area contributed by atoms with Gasteiger partial charge in [-0.3, -0.25) is 19.1 Å². The highest BCUT2D eigenvalue weighted by Crippen LogP contribution is 2.24. The summed E-state index contributed by atoms with van der Waals surface area (Å²) in [5, 5.41) is 4.58. The summed E-state index contributed by atoms with van der Waals surface area (Å²) in [6, 6.07) is 5.86. The number of carbonyl (C=O) groups is 3. The van der Waals surface area contributed by atoms with Gasteiger partial charge in [-0.2, -0.15) is 5.10 Å². The van der Waals surface area contributed by atoms with Crippen LogP contribution in [0.25, 0.3) is 0 Å². The van der Waals surface area contributed by atoms with Crippen LogP contribution in [-0.4, -0.2) is 63.6 Å². The molecule has 1 atom stereocenters. The van der Waals surface area contributed by atoms with Gasteiger partial charge >= 0.3 is 5.97 Å². The highest BCUT2D eigenvalue weighted by molar-refractivity contribution is 6.31. The minimum Gasteiger partial charge on any atom is -0.466 e. The van der Waals surface area contributed by atoms with E-state index in [4.69, 9.17) is 16.3 Å². The fraction of sp³-hybridized carbons (Fsp3) is 0.455. The van der Waals surface area contributed by atoms with Crippen molar-refractivity contribution in [1.29, 1.82) is 0 Å². The second kappa shape index (κ2) is 9.28. The highest BCUT2D eigenvalue weighted by Gasteiger charge is 2.33. The minimum atomic E-state index is -0.471. The fourth-order valence-electron chi connectivity index (χ4n) is 4.14. The molecule has 0 N–H and O–H groups in total. The molecule has 32 heavy (non-hydrogen) atoms. The average molecular weight is 463 g/mol. The van der Waals surface area contributed by atoms with Gasteiger partial charge < -0.3 is 14.5 Å². The molecule has 2 aromatic rings. The first-order chi connectivity index (χ1) is 15.4. The topological polar surface area (TPSA) is 84.7 Å². The SMILES string of the molecule is CCOC(=O)[C@H]1CCCN(C(=O)c2cc3n(n2)CCN(Cc2c(F)cccc2Cl)C3=O)C1. The van der Waals surface area contributed by atoms with Gasteiger partial charge in [0.25, 0.3) is 11.8 Å². The van der Waals surface area contributed by atoms with Crippen molar-refractivity contribution >= 4 is 29.4 Å². The van der Waals surface area contributed by atoms with Gasteiger partial charge in [0.15, 0.2) is 5.69 Å². The minimum absolute atomic E-state index is 0.0339. The number of likely N-dealkylation sites (tertiary alicyclic amines) is 1. The first kappa shape index (κ1) is 22.3. The van der Waals surface area contributed by atoms with Crippen LogP contribution in [-0.2, 0) is 22.6 Å². The van der Waals surface area contributed by atoms with Crippen molar-refractivity contribution in [3.05, 3.63) is 52.1 Å². The van der Waals surface area contributed by atoms with Crippen molar-refractivity contribution in [2.75, 3.05) is 26.2 Å². The van der Waals surface area contributed by atoms with E-state index in [1.54, 1.807) is 17.9 Å². The molecule has 0 saturated carbocycles. The maximum Gasteiger partial charge on any atom is 0.310 e. The third kappa shape index (κ3) is 4.34. The molecule has 170 valence electrons. The molecule has 0 aliphatic carbocycles. The first-order valence-electron chi connectivity index (χ1n) is 10.6. The van der Waals surface area contributed by atoms with E-state index in [1.165, 1.54) is 27.8 Å². The third-order valence-electron chi connectivity index (χ3n) is 5.83. The summed E-state index contributed by atoms with van der Waals surface area (Å²) in [5.74, 6) is -1.79. The van der Waals surface area contributed by atoms with Crippen molar-refractivity contribution < 1.29 is 23.5 Å². The predicted octanol–water partition coefficient (Wildman–Crippen LogP) is 2.75. The van der Waals surface area contributed by atoms with E-state index in [2.05, 4.69) is 5.10 Å². The number of piperidine rings is 1. The molecule has 4 rings (SSSR count). The molecule has 3 heterocycles. The number of hydrogen-bond donors (Lipinski definition) is 0. The van der Waals surface area contributed by atoms with Crippen molar-refractivity contribution in [3.8, 4) is 0 Å². The lowest BCUT2D eigenvalue weighted by Crippen LogP contribution is -2.43. The van der Waals surface area contributed by atoms with Gasteiger partial charge in [0.1, 0.15) is 11.5 Å². The molecule has 1 fully saturated rings. The Balaban J connectivity index is 1.48. The number of hydrogen-bond acceptors (Lipinski definition) is 5. The molecule has 1 saturated heterocycles. The zero-order valence-electron chi connectivity index (χ0n) is 17.7. The molecular formula is C22H24ClFN4O4. The van der Waals surface area contributed by atoms with Gasteiger partial charge in [0.05, 0.1) is 25.6 Å². The maximum absolute atomic E-state index is 14.2. The normalized spacial score (nSPS) is 18.5. The highest BCUT2D eigenvalue weighted by atomic mass is 35.5. The number of fused-ring (bicyclic) bond motifs is 1. The Morgan fingerprint density at radius 2 is 2.09 bits per heavy atom. The number of amides is 2. The van der Waals surface area contributed by atoms with Gasteiger partial charge in [-0.1, -0.05) is 17.7 Å². The quantitative estimate of drug-likeness (QED) is 0.638. The lowest BCUT2D eigenvalue weighted by Gasteiger charge is -2.31. The van der Waals surface area contributed by atoms with E-state index in [0.29, 0.717) is 39.1 Å². The van der Waals surface area contributed by atoms with Crippen LogP contribution in [0.15, 0.2) is 24.3 Å². The lowest BCUT2D eigenvalue weighted by molar-refractivity contribution is -0.149. The Morgan fingerprint density at radius 3 is 2.84 bits per heavy atom. The molecule has 0 spiro atoms. The summed E-state index contributed by atoms with van der Waals surface area (Å²) in [6.45, 7) is 3.57. The Kier molecular flexibility index (Phi) is 6.45. The predicted molar refractivity (Wildman–Crippen MR) is 114 cm³/mol. The largest absolute Gasteiger partial charge is 0.466 e. The van der Waals surface area contributed by atoms with Gasteiger partial charge in [-0.15, -0.1) is 0 Å². The van der Waals surface area contributed by atoms with Crippen LogP contribution in [0, 0.1) is 11.7 Å². The molecule has 0 radical (unpaired) electrons. The zero-order chi connectivity index (χ0) is 22.8. The molecule has 1 aromatic carbocycles. The monoisotopic (exact) mass is 462 g/mol. The molecule has 1 aromatic heterocycles. The second-order valence-electron chi connectivity index (χ2n) is 7.91. The van der Waals surface area contributed by atoms with E-state index < -0.39 is 5.82 Å². The summed E-state index contributed by atoms with van der Waals surface area (Å²) in [7, 11) is 0. The van der Waals surface area contributed by atoms with Crippen molar-refractivity contribution in [1.82, 2.24) is 19.6 Å². The molecule has 2 amide bonds. The van der Waals surface area contributed by atoms with E-state index in [-0.39, 0.29) is 58.8 Å². The number of rotatable bonds is 5. The van der Waals surface area contributed by atoms with Crippen LogP contribution in [0.3, 0.4) is 0 Å². The fourth-order valence-corrected chi connectivity index (χ4v) is 4.37. The number of halogens is 2. The van der Waals surface area contributed by atoms with Gasteiger partial charge in [0.2, 0.25) is 0 Å². The van der Waals surface area contributed by atoms with Crippen LogP contribution in [0.1, 0.15) is 46.3 Å². The van der Waals surface area contributed by atoms with Crippen LogP contribution in [0.2, 0.25) is 5.02 Å². The Morgan fingerprint density at radius 1 is 1.28 bits per heavy atom. The zero-order valence-corrected chi connectivity index (χ0v) is 18.5. The van der Waals surface area contributed by atoms with Crippen LogP contribution < -0.4 is 0 Å². The van der Waals surface area contributed by atoms with E-state index in [1.807, 2.05) is 0 Å². The van der Waals surface area contributed by atoms with Gasteiger partial charge in [-0.25, -0.2) is 4.39 Å². The number of benzene rings is 1. The number of aromatic nitrogens is 2. The number of ether oxygens (including phenoxy) is 1. The van der Waals surface area contributed by atoms with E-state index in [0.717, 1.165) is 0 Å². The van der Waals surface area contributed by atoms with Crippen LogP contribution in [0.4, 0.5) is 4.39 Å². The molecular weight excluding hydrogens is 439 g/mol. The summed E-state index contributed by atoms with van der Waals surface area (Å²) in [6.07, 6.45) is 1.37. The first-order valence-corrected chi connectivity index (χ1v) is 11.0. The molecule has 0 bridgehead atoms.